The maximum absolute atomic E-state index is 13.2. The molecule has 0 bridgehead atoms. The zero-order chi connectivity index (χ0) is 20.7. The number of benzene rings is 2. The van der Waals surface area contributed by atoms with Gasteiger partial charge in [-0.3, -0.25) is 9.59 Å². The molecule has 2 aromatic rings. The summed E-state index contributed by atoms with van der Waals surface area (Å²) in [5.74, 6) is -0.700. The molecule has 28 heavy (non-hydrogen) atoms. The van der Waals surface area contributed by atoms with Crippen molar-refractivity contribution in [2.45, 2.75) is 52.2 Å². The van der Waals surface area contributed by atoms with E-state index in [0.29, 0.717) is 11.4 Å². The second-order valence-electron chi connectivity index (χ2n) is 7.04. The Balaban J connectivity index is 2.27. The molecule has 0 heterocycles. The number of halogens is 2. The van der Waals surface area contributed by atoms with Crippen LogP contribution < -0.4 is 5.32 Å². The monoisotopic (exact) mass is 404 g/mol. The Hall–Kier alpha value is -2.40. The highest BCUT2D eigenvalue weighted by Gasteiger charge is 2.28. The number of amides is 2. The van der Waals surface area contributed by atoms with Gasteiger partial charge in [0.1, 0.15) is 11.9 Å². The van der Waals surface area contributed by atoms with Gasteiger partial charge in [0.05, 0.1) is 6.42 Å². The average molecular weight is 405 g/mol. The summed E-state index contributed by atoms with van der Waals surface area (Å²) in [7, 11) is 0. The molecule has 2 rings (SSSR count). The molecule has 1 N–H and O–H groups in total. The third-order valence-corrected chi connectivity index (χ3v) is 4.60. The molecule has 0 aliphatic rings. The zero-order valence-corrected chi connectivity index (χ0v) is 17.2. The summed E-state index contributed by atoms with van der Waals surface area (Å²) in [5, 5.41) is 3.48. The van der Waals surface area contributed by atoms with Gasteiger partial charge in [0.15, 0.2) is 0 Å². The van der Waals surface area contributed by atoms with E-state index in [0.717, 1.165) is 11.1 Å². The quantitative estimate of drug-likeness (QED) is 0.710. The van der Waals surface area contributed by atoms with Crippen LogP contribution in [0.1, 0.15) is 38.3 Å². The van der Waals surface area contributed by atoms with Gasteiger partial charge in [0.2, 0.25) is 11.8 Å². The van der Waals surface area contributed by atoms with Crippen LogP contribution in [0.15, 0.2) is 48.5 Å². The van der Waals surface area contributed by atoms with Crippen molar-refractivity contribution >= 4 is 23.4 Å². The first-order valence-electron chi connectivity index (χ1n) is 9.39. The lowest BCUT2D eigenvalue weighted by molar-refractivity contribution is -0.141. The smallest absolute Gasteiger partial charge is 0.243 e. The molecule has 0 radical (unpaired) electrons. The Morgan fingerprint density at radius 2 is 1.61 bits per heavy atom. The predicted octanol–water partition coefficient (Wildman–Crippen LogP) is 4.35. The van der Waals surface area contributed by atoms with Gasteiger partial charge in [-0.25, -0.2) is 4.39 Å². The Kier molecular flexibility index (Phi) is 8.00. The van der Waals surface area contributed by atoms with E-state index in [1.165, 1.54) is 12.1 Å². The van der Waals surface area contributed by atoms with Crippen molar-refractivity contribution in [1.82, 2.24) is 10.2 Å². The highest BCUT2D eigenvalue weighted by molar-refractivity contribution is 6.30. The third-order valence-electron chi connectivity index (χ3n) is 4.35. The number of hydrogen-bond donors (Lipinski definition) is 1. The van der Waals surface area contributed by atoms with E-state index in [2.05, 4.69) is 5.32 Å². The minimum Gasteiger partial charge on any atom is -0.352 e. The van der Waals surface area contributed by atoms with Gasteiger partial charge in [-0.1, -0.05) is 42.8 Å². The van der Waals surface area contributed by atoms with E-state index in [1.807, 2.05) is 20.8 Å². The van der Waals surface area contributed by atoms with Gasteiger partial charge in [-0.05, 0) is 55.7 Å². The van der Waals surface area contributed by atoms with Crippen LogP contribution in [-0.4, -0.2) is 28.8 Å². The van der Waals surface area contributed by atoms with Crippen molar-refractivity contribution in [1.29, 1.82) is 0 Å². The lowest BCUT2D eigenvalue weighted by atomic mass is 10.1. The molecule has 0 spiro atoms. The van der Waals surface area contributed by atoms with Gasteiger partial charge < -0.3 is 10.2 Å². The van der Waals surface area contributed by atoms with Crippen molar-refractivity contribution in [3.05, 3.63) is 70.5 Å². The molecule has 0 fully saturated rings. The maximum atomic E-state index is 13.2. The summed E-state index contributed by atoms with van der Waals surface area (Å²) in [5.41, 5.74) is 1.58. The molecule has 2 aromatic carbocycles. The number of rotatable bonds is 8. The molecule has 0 aliphatic heterocycles. The molecule has 150 valence electrons. The van der Waals surface area contributed by atoms with Crippen LogP contribution in [0.5, 0.6) is 0 Å². The minimum absolute atomic E-state index is 0.0272. The Bertz CT molecular complexity index is 791. The van der Waals surface area contributed by atoms with Crippen LogP contribution >= 0.6 is 11.6 Å². The summed E-state index contributed by atoms with van der Waals surface area (Å²) in [6.45, 7) is 5.86. The number of carbonyl (C=O) groups excluding carboxylic acids is 2. The first-order chi connectivity index (χ1) is 13.3. The molecule has 0 aromatic heterocycles. The summed E-state index contributed by atoms with van der Waals surface area (Å²) in [4.78, 5) is 27.4. The molecular weight excluding hydrogens is 379 g/mol. The van der Waals surface area contributed by atoms with E-state index in [9.17, 15) is 14.0 Å². The van der Waals surface area contributed by atoms with E-state index in [-0.39, 0.29) is 36.6 Å². The average Bonchev–Trinajstić information content (AvgIpc) is 2.64. The molecular formula is C22H26ClFN2O2. The SMILES string of the molecule is CCC(C(=O)NC(C)C)N(Cc1ccc(F)cc1)C(=O)Cc1ccc(Cl)cc1. The fourth-order valence-electron chi connectivity index (χ4n) is 2.97. The molecule has 2 amide bonds. The van der Waals surface area contributed by atoms with Crippen molar-refractivity contribution in [3.63, 3.8) is 0 Å². The molecule has 0 aliphatic carbocycles. The van der Waals surface area contributed by atoms with Gasteiger partial charge in [0.25, 0.3) is 0 Å². The third kappa shape index (κ3) is 6.34. The lowest BCUT2D eigenvalue weighted by Gasteiger charge is -2.31. The van der Waals surface area contributed by atoms with Crippen LogP contribution in [0.3, 0.4) is 0 Å². The van der Waals surface area contributed by atoms with Crippen molar-refractivity contribution < 1.29 is 14.0 Å². The summed E-state index contributed by atoms with van der Waals surface area (Å²) in [6, 6.07) is 12.4. The summed E-state index contributed by atoms with van der Waals surface area (Å²) < 4.78 is 13.2. The first kappa shape index (κ1) is 21.9. The minimum atomic E-state index is -0.604. The topological polar surface area (TPSA) is 49.4 Å². The van der Waals surface area contributed by atoms with E-state index < -0.39 is 6.04 Å². The van der Waals surface area contributed by atoms with E-state index in [1.54, 1.807) is 41.3 Å². The number of nitrogens with zero attached hydrogens (tertiary/aromatic N) is 1. The fourth-order valence-corrected chi connectivity index (χ4v) is 3.09. The second-order valence-corrected chi connectivity index (χ2v) is 7.48. The second kappa shape index (κ2) is 10.2. The van der Waals surface area contributed by atoms with Crippen LogP contribution in [-0.2, 0) is 22.6 Å². The van der Waals surface area contributed by atoms with Crippen molar-refractivity contribution in [2.24, 2.45) is 0 Å². The van der Waals surface area contributed by atoms with Crippen molar-refractivity contribution in [3.8, 4) is 0 Å². The number of carbonyl (C=O) groups is 2. The van der Waals surface area contributed by atoms with Gasteiger partial charge in [0, 0.05) is 17.6 Å². The van der Waals surface area contributed by atoms with E-state index in [4.69, 9.17) is 11.6 Å². The van der Waals surface area contributed by atoms with Crippen LogP contribution in [0, 0.1) is 5.82 Å². The molecule has 1 atom stereocenters. The summed E-state index contributed by atoms with van der Waals surface area (Å²) >= 11 is 5.91. The van der Waals surface area contributed by atoms with Gasteiger partial charge >= 0.3 is 0 Å². The largest absolute Gasteiger partial charge is 0.352 e. The van der Waals surface area contributed by atoms with Crippen molar-refractivity contribution in [2.75, 3.05) is 0 Å². The van der Waals surface area contributed by atoms with Crippen LogP contribution in [0.2, 0.25) is 5.02 Å². The molecule has 4 nitrogen and oxygen atoms in total. The lowest BCUT2D eigenvalue weighted by Crippen LogP contribution is -2.50. The van der Waals surface area contributed by atoms with Gasteiger partial charge in [-0.15, -0.1) is 0 Å². The predicted molar refractivity (Wildman–Crippen MR) is 109 cm³/mol. The van der Waals surface area contributed by atoms with Gasteiger partial charge in [-0.2, -0.15) is 0 Å². The molecule has 1 unspecified atom stereocenters. The van der Waals surface area contributed by atoms with E-state index >= 15 is 0 Å². The number of nitrogens with one attached hydrogen (secondary N) is 1. The normalized spacial score (nSPS) is 11.9. The highest BCUT2D eigenvalue weighted by atomic mass is 35.5. The number of hydrogen-bond acceptors (Lipinski definition) is 2. The standard InChI is InChI=1S/C22H26ClFN2O2/c1-4-20(22(28)25-15(2)3)26(14-17-7-11-19(24)12-8-17)21(27)13-16-5-9-18(23)10-6-16/h5-12,15,20H,4,13-14H2,1-3H3,(H,25,28). The maximum Gasteiger partial charge on any atom is 0.243 e. The summed E-state index contributed by atoms with van der Waals surface area (Å²) in [6.07, 6.45) is 0.635. The Labute approximate surface area is 170 Å². The molecule has 6 heteroatoms. The zero-order valence-electron chi connectivity index (χ0n) is 16.4. The fraction of sp³-hybridized carbons (Fsp3) is 0.364. The molecule has 0 saturated carbocycles. The Morgan fingerprint density at radius 1 is 1.04 bits per heavy atom. The molecule has 0 saturated heterocycles. The van der Waals surface area contributed by atoms with Crippen LogP contribution in [0.25, 0.3) is 0 Å². The Morgan fingerprint density at radius 3 is 2.14 bits per heavy atom. The van der Waals surface area contributed by atoms with Crippen LogP contribution in [0.4, 0.5) is 4.39 Å². The highest BCUT2D eigenvalue weighted by Crippen LogP contribution is 2.16. The first-order valence-corrected chi connectivity index (χ1v) is 9.76.